The van der Waals surface area contributed by atoms with Gasteiger partial charge in [0.2, 0.25) is 0 Å². The van der Waals surface area contributed by atoms with Crippen LogP contribution in [0.25, 0.3) is 0 Å². The molecule has 0 aromatic heterocycles. The van der Waals surface area contributed by atoms with Crippen LogP contribution in [0.2, 0.25) is 0 Å². The molecule has 1 atom stereocenters. The van der Waals surface area contributed by atoms with Crippen LogP contribution in [0, 0.1) is 6.92 Å². The third-order valence-electron chi connectivity index (χ3n) is 4.80. The van der Waals surface area contributed by atoms with Gasteiger partial charge in [-0.25, -0.2) is 0 Å². The molecule has 0 fully saturated rings. The minimum Gasteiger partial charge on any atom is -0.200 e. The van der Waals surface area contributed by atoms with E-state index in [9.17, 15) is 8.42 Å². The number of hydrogen-bond acceptors (Lipinski definition) is 3. The molecule has 0 bridgehead atoms. The van der Waals surface area contributed by atoms with Crippen molar-refractivity contribution in [2.75, 3.05) is 0 Å². The summed E-state index contributed by atoms with van der Waals surface area (Å²) in [6, 6.07) is 24.0. The van der Waals surface area contributed by atoms with Crippen molar-refractivity contribution >= 4 is 31.7 Å². The molecule has 0 saturated carbocycles. The van der Waals surface area contributed by atoms with E-state index in [2.05, 4.69) is 21.0 Å². The van der Waals surface area contributed by atoms with E-state index in [1.807, 2.05) is 61.5 Å². The molecule has 0 spiro atoms. The number of aryl methyl sites for hydroxylation is 1. The number of rotatable bonds is 4. The fourth-order valence-corrected chi connectivity index (χ4v) is 4.97. The zero-order chi connectivity index (χ0) is 19.7. The molecule has 142 valence electrons. The summed E-state index contributed by atoms with van der Waals surface area (Å²) < 4.78 is 29.0. The topological polar surface area (TPSA) is 49.7 Å². The van der Waals surface area contributed by atoms with Crippen LogP contribution in [-0.2, 0) is 10.0 Å². The van der Waals surface area contributed by atoms with Gasteiger partial charge in [0.1, 0.15) is 0 Å². The SMILES string of the molecule is Cc1ccc(S(=O)(=O)N2N=C(c3ccc(Br)cc3)C[C@@H]2c2ccccc2)cc1. The van der Waals surface area contributed by atoms with E-state index < -0.39 is 10.0 Å². The van der Waals surface area contributed by atoms with Crippen molar-refractivity contribution in [2.24, 2.45) is 5.10 Å². The average molecular weight is 455 g/mol. The third kappa shape index (κ3) is 3.62. The lowest BCUT2D eigenvalue weighted by atomic mass is 9.99. The van der Waals surface area contributed by atoms with Crippen molar-refractivity contribution in [2.45, 2.75) is 24.3 Å². The lowest BCUT2D eigenvalue weighted by Crippen LogP contribution is -2.27. The van der Waals surface area contributed by atoms with Crippen LogP contribution in [0.3, 0.4) is 0 Å². The summed E-state index contributed by atoms with van der Waals surface area (Å²) in [4.78, 5) is 0.250. The molecule has 3 aromatic rings. The highest BCUT2D eigenvalue weighted by Gasteiger charge is 2.37. The highest BCUT2D eigenvalue weighted by Crippen LogP contribution is 2.37. The Labute approximate surface area is 173 Å². The van der Waals surface area contributed by atoms with Crippen LogP contribution < -0.4 is 0 Å². The molecule has 6 heteroatoms. The molecule has 1 aliphatic rings. The number of sulfonamides is 1. The maximum absolute atomic E-state index is 13.4. The molecular weight excluding hydrogens is 436 g/mol. The van der Waals surface area contributed by atoms with Crippen LogP contribution in [0.15, 0.2) is 93.3 Å². The molecule has 1 aliphatic heterocycles. The molecule has 0 saturated heterocycles. The van der Waals surface area contributed by atoms with Gasteiger partial charge in [0, 0.05) is 10.9 Å². The molecule has 0 N–H and O–H groups in total. The standard InChI is InChI=1S/C22H19BrN2O2S/c1-16-7-13-20(14-8-16)28(26,27)25-22(18-5-3-2-4-6-18)15-21(24-25)17-9-11-19(23)12-10-17/h2-14,22H,15H2,1H3/t22-/m1/s1. The van der Waals surface area contributed by atoms with Crippen LogP contribution in [0.5, 0.6) is 0 Å². The van der Waals surface area contributed by atoms with Crippen molar-refractivity contribution in [3.63, 3.8) is 0 Å². The summed E-state index contributed by atoms with van der Waals surface area (Å²) in [6.07, 6.45) is 0.525. The molecule has 0 unspecified atom stereocenters. The summed E-state index contributed by atoms with van der Waals surface area (Å²) in [5, 5.41) is 4.56. The van der Waals surface area contributed by atoms with Crippen molar-refractivity contribution in [1.82, 2.24) is 4.41 Å². The Hall–Kier alpha value is -2.44. The number of benzene rings is 3. The number of hydrogen-bond donors (Lipinski definition) is 0. The van der Waals surface area contributed by atoms with Gasteiger partial charge < -0.3 is 0 Å². The molecule has 4 rings (SSSR count). The lowest BCUT2D eigenvalue weighted by molar-refractivity contribution is 0.371. The second kappa shape index (κ2) is 7.53. The van der Waals surface area contributed by atoms with Crippen molar-refractivity contribution in [1.29, 1.82) is 0 Å². The second-order valence-electron chi connectivity index (χ2n) is 6.77. The van der Waals surface area contributed by atoms with Crippen LogP contribution >= 0.6 is 15.9 Å². The summed E-state index contributed by atoms with van der Waals surface area (Å²) in [5.74, 6) is 0. The smallest absolute Gasteiger partial charge is 0.200 e. The normalized spacial score (nSPS) is 16.9. The third-order valence-corrected chi connectivity index (χ3v) is 7.02. The van der Waals surface area contributed by atoms with Gasteiger partial charge in [-0.1, -0.05) is 76.1 Å². The number of hydrazone groups is 1. The van der Waals surface area contributed by atoms with E-state index >= 15 is 0 Å². The van der Waals surface area contributed by atoms with Gasteiger partial charge in [-0.3, -0.25) is 0 Å². The second-order valence-corrected chi connectivity index (χ2v) is 9.49. The van der Waals surface area contributed by atoms with Gasteiger partial charge >= 0.3 is 0 Å². The van der Waals surface area contributed by atoms with Crippen molar-refractivity contribution in [3.8, 4) is 0 Å². The quantitative estimate of drug-likeness (QED) is 0.536. The number of halogens is 1. The van der Waals surface area contributed by atoms with Crippen LogP contribution in [0.4, 0.5) is 0 Å². The van der Waals surface area contributed by atoms with E-state index in [-0.39, 0.29) is 10.9 Å². The summed E-state index contributed by atoms with van der Waals surface area (Å²) in [7, 11) is -3.77. The lowest BCUT2D eigenvalue weighted by Gasteiger charge is -2.23. The molecular formula is C22H19BrN2O2S. The molecule has 4 nitrogen and oxygen atoms in total. The van der Waals surface area contributed by atoms with Gasteiger partial charge in [0.25, 0.3) is 10.0 Å². The van der Waals surface area contributed by atoms with E-state index in [1.165, 1.54) is 4.41 Å². The van der Waals surface area contributed by atoms with E-state index in [1.54, 1.807) is 24.3 Å². The predicted molar refractivity (Wildman–Crippen MR) is 115 cm³/mol. The Bertz CT molecular complexity index is 1110. The predicted octanol–water partition coefficient (Wildman–Crippen LogP) is 5.30. The summed E-state index contributed by atoms with van der Waals surface area (Å²) >= 11 is 3.44. The van der Waals surface area contributed by atoms with Gasteiger partial charge in [-0.05, 0) is 42.3 Å². The zero-order valence-electron chi connectivity index (χ0n) is 15.3. The van der Waals surface area contributed by atoms with Gasteiger partial charge in [0.15, 0.2) is 0 Å². The fraction of sp³-hybridized carbons (Fsp3) is 0.136. The maximum Gasteiger partial charge on any atom is 0.279 e. The van der Waals surface area contributed by atoms with Crippen molar-refractivity contribution < 1.29 is 8.42 Å². The average Bonchev–Trinajstić information content (AvgIpc) is 3.16. The van der Waals surface area contributed by atoms with Crippen LogP contribution in [-0.4, -0.2) is 18.5 Å². The van der Waals surface area contributed by atoms with E-state index in [0.29, 0.717) is 6.42 Å². The Morgan fingerprint density at radius 1 is 0.929 bits per heavy atom. The molecule has 1 heterocycles. The monoisotopic (exact) mass is 454 g/mol. The first-order valence-electron chi connectivity index (χ1n) is 8.94. The molecule has 0 amide bonds. The van der Waals surface area contributed by atoms with Gasteiger partial charge in [0.05, 0.1) is 16.6 Å². The van der Waals surface area contributed by atoms with Crippen LogP contribution in [0.1, 0.15) is 29.2 Å². The zero-order valence-corrected chi connectivity index (χ0v) is 17.7. The van der Waals surface area contributed by atoms with E-state index in [0.717, 1.165) is 26.9 Å². The maximum atomic E-state index is 13.4. The summed E-state index contributed by atoms with van der Waals surface area (Å²) in [6.45, 7) is 1.93. The minimum atomic E-state index is -3.77. The Morgan fingerprint density at radius 3 is 2.21 bits per heavy atom. The Morgan fingerprint density at radius 2 is 1.57 bits per heavy atom. The highest BCUT2D eigenvalue weighted by atomic mass is 79.9. The minimum absolute atomic E-state index is 0.250. The summed E-state index contributed by atoms with van der Waals surface area (Å²) in [5.41, 5.74) is 3.62. The van der Waals surface area contributed by atoms with Gasteiger partial charge in [-0.2, -0.15) is 17.9 Å². The molecule has 0 radical (unpaired) electrons. The van der Waals surface area contributed by atoms with Crippen molar-refractivity contribution in [3.05, 3.63) is 100 Å². The Kier molecular flexibility index (Phi) is 5.08. The largest absolute Gasteiger partial charge is 0.279 e. The highest BCUT2D eigenvalue weighted by molar-refractivity contribution is 9.10. The first-order chi connectivity index (χ1) is 13.4. The fourth-order valence-electron chi connectivity index (χ4n) is 3.27. The Balaban J connectivity index is 1.79. The molecule has 28 heavy (non-hydrogen) atoms. The molecule has 3 aromatic carbocycles. The molecule has 0 aliphatic carbocycles. The first-order valence-corrected chi connectivity index (χ1v) is 11.2. The van der Waals surface area contributed by atoms with E-state index in [4.69, 9.17) is 0 Å². The number of nitrogens with zero attached hydrogens (tertiary/aromatic N) is 2. The first kappa shape index (κ1) is 18.9. The van der Waals surface area contributed by atoms with Gasteiger partial charge in [-0.15, -0.1) is 0 Å².